The first kappa shape index (κ1) is 16.6. The lowest BCUT2D eigenvalue weighted by Gasteiger charge is -2.35. The van der Waals surface area contributed by atoms with Gasteiger partial charge in [-0.25, -0.2) is 0 Å². The van der Waals surface area contributed by atoms with Gasteiger partial charge in [0.25, 0.3) is 0 Å². The second kappa shape index (κ2) is 4.39. The Hall–Kier alpha value is -0.350. The van der Waals surface area contributed by atoms with E-state index < -0.39 is 29.4 Å². The van der Waals surface area contributed by atoms with Gasteiger partial charge in [-0.3, -0.25) is 0 Å². The van der Waals surface area contributed by atoms with Crippen LogP contribution in [0.1, 0.15) is 0 Å². The van der Waals surface area contributed by atoms with Crippen LogP contribution in [0.2, 0.25) is 0 Å². The first-order chi connectivity index (χ1) is 7.23. The van der Waals surface area contributed by atoms with Crippen LogP contribution in [0, 0.1) is 0 Å². The van der Waals surface area contributed by atoms with E-state index in [0.29, 0.717) is 0 Å². The quantitative estimate of drug-likeness (QED) is 0.480. The summed E-state index contributed by atoms with van der Waals surface area (Å²) in [5, 5.41) is 2.34. The second-order valence-corrected chi connectivity index (χ2v) is 3.33. The third kappa shape index (κ3) is 2.43. The van der Waals surface area contributed by atoms with Crippen molar-refractivity contribution in [1.82, 2.24) is 0 Å². The lowest BCUT2D eigenvalue weighted by atomic mass is 10.0. The fraction of sp³-hybridized carbons (Fsp3) is 1.00. The predicted octanol–water partition coefficient (Wildman–Crippen LogP) is 2.69. The molecule has 0 radical (unpaired) electrons. The van der Waals surface area contributed by atoms with Crippen LogP contribution < -0.4 is 0 Å². The molecule has 0 aliphatic heterocycles. The highest BCUT2D eigenvalue weighted by molar-refractivity contribution is 6.22. The molecule has 0 fully saturated rings. The van der Waals surface area contributed by atoms with E-state index in [2.05, 4.69) is 16.3 Å². The Morgan fingerprint density at radius 1 is 0.941 bits per heavy atom. The molecule has 0 saturated heterocycles. The molecule has 0 spiro atoms. The Morgan fingerprint density at radius 3 is 1.53 bits per heavy atom. The van der Waals surface area contributed by atoms with Crippen molar-refractivity contribution in [2.45, 2.75) is 29.4 Å². The number of hydrogen-bond acceptors (Lipinski definition) is 2. The smallest absolute Gasteiger partial charge is 0.363 e. The van der Waals surface area contributed by atoms with Crippen molar-refractivity contribution < 1.29 is 45.0 Å². The number of aliphatic hydroxyl groups excluding tert-OH is 1. The van der Waals surface area contributed by atoms with Gasteiger partial charge in [-0.1, -0.05) is 0 Å². The summed E-state index contributed by atoms with van der Waals surface area (Å²) < 4.78 is 103. The number of methoxy groups -OCH3 is 1. The molecule has 0 amide bonds. The maximum atomic E-state index is 12.6. The Labute approximate surface area is 94.1 Å². The lowest BCUT2D eigenvalue weighted by molar-refractivity contribution is -0.387. The highest BCUT2D eigenvalue weighted by atomic mass is 35.5. The maximum Gasteiger partial charge on any atom is 0.392 e. The molecule has 0 aromatic carbocycles. The molecular formula is C6H5ClF8O2. The first-order valence-electron chi connectivity index (χ1n) is 3.64. The summed E-state index contributed by atoms with van der Waals surface area (Å²) in [4.78, 5) is 0. The van der Waals surface area contributed by atoms with Crippen molar-refractivity contribution >= 4 is 11.6 Å². The molecule has 2 nitrogen and oxygen atoms in total. The fourth-order valence-corrected chi connectivity index (χ4v) is 0.809. The van der Waals surface area contributed by atoms with E-state index in [0.717, 1.165) is 0 Å². The summed E-state index contributed by atoms with van der Waals surface area (Å²) >= 11 is 3.64. The lowest BCUT2D eigenvalue weighted by Crippen LogP contribution is -2.64. The van der Waals surface area contributed by atoms with Crippen molar-refractivity contribution in [3.63, 3.8) is 0 Å². The zero-order valence-electron chi connectivity index (χ0n) is 7.83. The van der Waals surface area contributed by atoms with Gasteiger partial charge in [-0.2, -0.15) is 35.1 Å². The fourth-order valence-electron chi connectivity index (χ4n) is 0.690. The highest BCUT2D eigenvalue weighted by Gasteiger charge is 2.82. The van der Waals surface area contributed by atoms with Crippen LogP contribution in [0.3, 0.4) is 0 Å². The van der Waals surface area contributed by atoms with E-state index in [1.54, 1.807) is 0 Å². The summed E-state index contributed by atoms with van der Waals surface area (Å²) in [5.74, 6) is -19.2. The number of alkyl halides is 9. The topological polar surface area (TPSA) is 29.5 Å². The molecule has 0 aromatic heterocycles. The van der Waals surface area contributed by atoms with E-state index >= 15 is 0 Å². The molecule has 104 valence electrons. The molecule has 0 saturated carbocycles. The van der Waals surface area contributed by atoms with Crippen LogP contribution in [-0.2, 0) is 4.74 Å². The van der Waals surface area contributed by atoms with Gasteiger partial charge in [0, 0.05) is 7.11 Å². The van der Waals surface area contributed by atoms with Gasteiger partial charge in [-0.05, 0) is 11.6 Å². The second-order valence-electron chi connectivity index (χ2n) is 2.86. The van der Waals surface area contributed by atoms with Gasteiger partial charge in [0.2, 0.25) is 6.29 Å². The monoisotopic (exact) mass is 296 g/mol. The molecule has 1 unspecified atom stereocenters. The van der Waals surface area contributed by atoms with Crippen LogP contribution >= 0.6 is 11.6 Å². The summed E-state index contributed by atoms with van der Waals surface area (Å²) in [5.41, 5.74) is 0. The molecule has 0 heterocycles. The molecule has 0 aliphatic rings. The zero-order valence-corrected chi connectivity index (χ0v) is 8.59. The molecule has 17 heavy (non-hydrogen) atoms. The normalized spacial score (nSPS) is 17.1. The molecule has 0 aliphatic carbocycles. The van der Waals surface area contributed by atoms with Gasteiger partial charge in [0.15, 0.2) is 0 Å². The summed E-state index contributed by atoms with van der Waals surface area (Å²) in [6.07, 6.45) is -3.71. The summed E-state index contributed by atoms with van der Waals surface area (Å²) in [6.45, 7) is 0. The standard InChI is InChI=1S/C6H5ClF8O2/c1-17-2(16)3(8,9)4(10,11)5(12,13)6(7,14)15/h2,16H,1H3. The van der Waals surface area contributed by atoms with Crippen molar-refractivity contribution in [1.29, 1.82) is 0 Å². The van der Waals surface area contributed by atoms with Crippen LogP contribution in [0.5, 0.6) is 0 Å². The number of aliphatic hydroxyl groups is 1. The third-order valence-electron chi connectivity index (χ3n) is 1.70. The SMILES string of the molecule is COC(O)C(F)(F)C(F)(F)C(F)(F)C(F)(F)Cl. The highest BCUT2D eigenvalue weighted by Crippen LogP contribution is 2.54. The Kier molecular flexibility index (Phi) is 4.30. The van der Waals surface area contributed by atoms with E-state index in [1.165, 1.54) is 0 Å². The van der Waals surface area contributed by atoms with E-state index in [1.807, 2.05) is 0 Å². The summed E-state index contributed by atoms with van der Waals surface area (Å²) in [7, 11) is 0.283. The summed E-state index contributed by atoms with van der Waals surface area (Å²) in [6, 6.07) is 0. The molecule has 0 aromatic rings. The number of halogens is 9. The zero-order chi connectivity index (χ0) is 14.3. The minimum Gasteiger partial charge on any atom is -0.363 e. The average Bonchev–Trinajstić information content (AvgIpc) is 2.13. The van der Waals surface area contributed by atoms with Crippen LogP contribution in [0.15, 0.2) is 0 Å². The minimum absolute atomic E-state index is 0.283. The number of hydrogen-bond donors (Lipinski definition) is 1. The number of rotatable bonds is 5. The minimum atomic E-state index is -6.62. The Morgan fingerprint density at radius 2 is 1.29 bits per heavy atom. The Bertz CT molecular complexity index is 276. The average molecular weight is 297 g/mol. The van der Waals surface area contributed by atoms with Gasteiger partial charge in [0.1, 0.15) is 0 Å². The van der Waals surface area contributed by atoms with Crippen LogP contribution in [-0.4, -0.2) is 41.7 Å². The van der Waals surface area contributed by atoms with E-state index in [-0.39, 0.29) is 7.11 Å². The largest absolute Gasteiger partial charge is 0.392 e. The molecular weight excluding hydrogens is 292 g/mol. The molecule has 1 N–H and O–H groups in total. The maximum absolute atomic E-state index is 12.6. The van der Waals surface area contributed by atoms with Crippen LogP contribution in [0.25, 0.3) is 0 Å². The van der Waals surface area contributed by atoms with E-state index in [4.69, 9.17) is 5.11 Å². The third-order valence-corrected chi connectivity index (χ3v) is 1.94. The molecule has 1 atom stereocenters. The van der Waals surface area contributed by atoms with Gasteiger partial charge in [-0.15, -0.1) is 0 Å². The number of ether oxygens (including phenoxy) is 1. The first-order valence-corrected chi connectivity index (χ1v) is 4.02. The predicted molar refractivity (Wildman–Crippen MR) is 38.7 cm³/mol. The molecule has 0 rings (SSSR count). The van der Waals surface area contributed by atoms with Crippen LogP contribution in [0.4, 0.5) is 35.1 Å². The van der Waals surface area contributed by atoms with Crippen molar-refractivity contribution in [3.05, 3.63) is 0 Å². The molecule has 11 heteroatoms. The van der Waals surface area contributed by atoms with Crippen molar-refractivity contribution in [2.24, 2.45) is 0 Å². The van der Waals surface area contributed by atoms with E-state index in [9.17, 15) is 35.1 Å². The van der Waals surface area contributed by atoms with Gasteiger partial charge in [0.05, 0.1) is 0 Å². The Balaban J connectivity index is 5.55. The van der Waals surface area contributed by atoms with Gasteiger partial charge >= 0.3 is 23.1 Å². The van der Waals surface area contributed by atoms with Gasteiger partial charge < -0.3 is 9.84 Å². The van der Waals surface area contributed by atoms with Crippen molar-refractivity contribution in [3.8, 4) is 0 Å². The van der Waals surface area contributed by atoms with Crippen molar-refractivity contribution in [2.75, 3.05) is 7.11 Å². The molecule has 0 bridgehead atoms.